The van der Waals surface area contributed by atoms with Crippen LogP contribution >= 0.6 is 11.6 Å². The van der Waals surface area contributed by atoms with Crippen molar-refractivity contribution in [1.29, 1.82) is 0 Å². The number of carboxylic acids is 1. The highest BCUT2D eigenvalue weighted by atomic mass is 35.5. The Hall–Kier alpha value is -1.89. The molecule has 5 nitrogen and oxygen atoms in total. The van der Waals surface area contributed by atoms with E-state index in [1.54, 1.807) is 20.8 Å². The summed E-state index contributed by atoms with van der Waals surface area (Å²) >= 11 is 5.57. The summed E-state index contributed by atoms with van der Waals surface area (Å²) in [5, 5.41) is 11.2. The van der Waals surface area contributed by atoms with Crippen LogP contribution in [0, 0.1) is 11.6 Å². The standard InChI is InChI=1S/C15H18ClF2NO4/c1-15(2,3)23-14(22)19-7-6-8(13(20)21)11-10(17)5-4-9(16)12(11)18/h4-5,8H,6-7H2,1-3H3,(H,19,22)(H,20,21). The third kappa shape index (κ3) is 5.67. The van der Waals surface area contributed by atoms with Gasteiger partial charge in [-0.25, -0.2) is 13.6 Å². The highest BCUT2D eigenvalue weighted by Gasteiger charge is 2.28. The molecule has 0 spiro atoms. The van der Waals surface area contributed by atoms with Gasteiger partial charge in [-0.15, -0.1) is 0 Å². The molecule has 0 bridgehead atoms. The third-order valence-corrected chi connectivity index (χ3v) is 3.12. The summed E-state index contributed by atoms with van der Waals surface area (Å²) in [7, 11) is 0. The summed E-state index contributed by atoms with van der Waals surface area (Å²) in [6, 6.07) is 1.91. The van der Waals surface area contributed by atoms with Crippen LogP contribution in [0.3, 0.4) is 0 Å². The van der Waals surface area contributed by atoms with E-state index in [1.807, 2.05) is 0 Å². The van der Waals surface area contributed by atoms with Gasteiger partial charge >= 0.3 is 12.1 Å². The third-order valence-electron chi connectivity index (χ3n) is 2.83. The van der Waals surface area contributed by atoms with Gasteiger partial charge in [-0.05, 0) is 39.3 Å². The van der Waals surface area contributed by atoms with Crippen molar-refractivity contribution in [3.05, 3.63) is 34.4 Å². The maximum atomic E-state index is 13.9. The van der Waals surface area contributed by atoms with E-state index >= 15 is 0 Å². The van der Waals surface area contributed by atoms with E-state index < -0.39 is 40.8 Å². The first-order chi connectivity index (χ1) is 10.5. The Morgan fingerprint density at radius 2 is 1.96 bits per heavy atom. The highest BCUT2D eigenvalue weighted by molar-refractivity contribution is 6.30. The first kappa shape index (κ1) is 19.2. The Bertz CT molecular complexity index is 602. The summed E-state index contributed by atoms with van der Waals surface area (Å²) < 4.78 is 32.7. The zero-order valence-electron chi connectivity index (χ0n) is 13.0. The first-order valence-corrected chi connectivity index (χ1v) is 7.23. The molecule has 0 aliphatic heterocycles. The molecule has 1 unspecified atom stereocenters. The Balaban J connectivity index is 2.81. The van der Waals surface area contributed by atoms with Crippen molar-refractivity contribution in [3.8, 4) is 0 Å². The maximum Gasteiger partial charge on any atom is 0.407 e. The summed E-state index contributed by atoms with van der Waals surface area (Å²) in [4.78, 5) is 22.8. The normalized spacial score (nSPS) is 12.6. The molecule has 0 heterocycles. The van der Waals surface area contributed by atoms with Crippen molar-refractivity contribution >= 4 is 23.7 Å². The molecule has 0 aliphatic rings. The minimum Gasteiger partial charge on any atom is -0.481 e. The van der Waals surface area contributed by atoms with E-state index in [9.17, 15) is 23.5 Å². The van der Waals surface area contributed by atoms with Gasteiger partial charge in [0.15, 0.2) is 0 Å². The quantitative estimate of drug-likeness (QED) is 0.795. The number of carboxylic acid groups (broad SMARTS) is 1. The smallest absolute Gasteiger partial charge is 0.407 e. The topological polar surface area (TPSA) is 75.6 Å². The zero-order chi connectivity index (χ0) is 17.8. The molecule has 0 fully saturated rings. The van der Waals surface area contributed by atoms with Crippen LogP contribution in [0.1, 0.15) is 38.7 Å². The summed E-state index contributed by atoms with van der Waals surface area (Å²) in [5.41, 5.74) is -1.34. The molecule has 0 aromatic heterocycles. The van der Waals surface area contributed by atoms with Crippen LogP contribution in [0.25, 0.3) is 0 Å². The van der Waals surface area contributed by atoms with Gasteiger partial charge in [-0.1, -0.05) is 11.6 Å². The molecule has 0 aliphatic carbocycles. The van der Waals surface area contributed by atoms with E-state index in [0.717, 1.165) is 12.1 Å². The van der Waals surface area contributed by atoms with E-state index in [2.05, 4.69) is 5.32 Å². The van der Waals surface area contributed by atoms with Crippen LogP contribution in [0.5, 0.6) is 0 Å². The number of aliphatic carboxylic acids is 1. The predicted octanol–water partition coefficient (Wildman–Crippen LogP) is 3.70. The number of benzene rings is 1. The molecule has 128 valence electrons. The van der Waals surface area contributed by atoms with Crippen LogP contribution in [0.2, 0.25) is 5.02 Å². The van der Waals surface area contributed by atoms with Crippen molar-refractivity contribution in [1.82, 2.24) is 5.32 Å². The van der Waals surface area contributed by atoms with E-state index in [1.165, 1.54) is 0 Å². The molecule has 2 N–H and O–H groups in total. The molecular weight excluding hydrogens is 332 g/mol. The number of carbonyl (C=O) groups is 2. The number of hydrogen-bond donors (Lipinski definition) is 2. The van der Waals surface area contributed by atoms with Gasteiger partial charge in [0.2, 0.25) is 0 Å². The van der Waals surface area contributed by atoms with Crippen LogP contribution < -0.4 is 5.32 Å². The number of ether oxygens (including phenoxy) is 1. The molecule has 0 saturated heterocycles. The minimum absolute atomic E-state index is 0.128. The molecule has 23 heavy (non-hydrogen) atoms. The van der Waals surface area contributed by atoms with Crippen molar-refractivity contribution in [2.45, 2.75) is 38.7 Å². The van der Waals surface area contributed by atoms with Gasteiger partial charge in [0.1, 0.15) is 17.2 Å². The minimum atomic E-state index is -1.48. The number of hydrogen-bond acceptors (Lipinski definition) is 3. The fraction of sp³-hybridized carbons (Fsp3) is 0.467. The molecule has 1 aromatic carbocycles. The average molecular weight is 350 g/mol. The van der Waals surface area contributed by atoms with Gasteiger partial charge in [0.25, 0.3) is 0 Å². The predicted molar refractivity (Wildman–Crippen MR) is 80.6 cm³/mol. The number of amides is 1. The second-order valence-corrected chi connectivity index (χ2v) is 6.27. The number of rotatable bonds is 5. The van der Waals surface area contributed by atoms with Gasteiger partial charge < -0.3 is 15.2 Å². The molecule has 1 amide bonds. The first-order valence-electron chi connectivity index (χ1n) is 6.86. The molecule has 0 saturated carbocycles. The molecule has 1 rings (SSSR count). The molecular formula is C15H18ClF2NO4. The van der Waals surface area contributed by atoms with E-state index in [4.69, 9.17) is 16.3 Å². The Labute approximate surface area is 137 Å². The maximum absolute atomic E-state index is 13.9. The van der Waals surface area contributed by atoms with Gasteiger partial charge in [0.05, 0.1) is 10.9 Å². The van der Waals surface area contributed by atoms with Crippen molar-refractivity contribution in [3.63, 3.8) is 0 Å². The highest BCUT2D eigenvalue weighted by Crippen LogP contribution is 2.29. The second kappa shape index (κ2) is 7.59. The Morgan fingerprint density at radius 3 is 2.48 bits per heavy atom. The van der Waals surface area contributed by atoms with Gasteiger partial charge in [0, 0.05) is 12.1 Å². The monoisotopic (exact) mass is 349 g/mol. The lowest BCUT2D eigenvalue weighted by atomic mass is 9.94. The number of nitrogens with one attached hydrogen (secondary N) is 1. The SMILES string of the molecule is CC(C)(C)OC(=O)NCCC(C(=O)O)c1c(F)ccc(Cl)c1F. The lowest BCUT2D eigenvalue weighted by Gasteiger charge is -2.20. The fourth-order valence-electron chi connectivity index (χ4n) is 1.89. The van der Waals surface area contributed by atoms with Gasteiger partial charge in [-0.2, -0.15) is 0 Å². The van der Waals surface area contributed by atoms with Crippen molar-refractivity contribution in [2.24, 2.45) is 0 Å². The summed E-state index contributed by atoms with van der Waals surface area (Å²) in [6.07, 6.45) is -0.961. The summed E-state index contributed by atoms with van der Waals surface area (Å²) in [5.74, 6) is -5.02. The van der Waals surface area contributed by atoms with Gasteiger partial charge in [-0.3, -0.25) is 4.79 Å². The van der Waals surface area contributed by atoms with Crippen LogP contribution in [-0.4, -0.2) is 29.3 Å². The van der Waals surface area contributed by atoms with E-state index in [-0.39, 0.29) is 18.0 Å². The van der Waals surface area contributed by atoms with Crippen LogP contribution in [0.4, 0.5) is 13.6 Å². The summed E-state index contributed by atoms with van der Waals surface area (Å²) in [6.45, 7) is 4.88. The fourth-order valence-corrected chi connectivity index (χ4v) is 2.05. The zero-order valence-corrected chi connectivity index (χ0v) is 13.7. The van der Waals surface area contributed by atoms with Crippen molar-refractivity contribution < 1.29 is 28.2 Å². The van der Waals surface area contributed by atoms with E-state index in [0.29, 0.717) is 0 Å². The largest absolute Gasteiger partial charge is 0.481 e. The number of halogens is 3. The number of carbonyl (C=O) groups excluding carboxylic acids is 1. The lowest BCUT2D eigenvalue weighted by molar-refractivity contribution is -0.139. The Kier molecular flexibility index (Phi) is 6.32. The van der Waals surface area contributed by atoms with Crippen LogP contribution in [0.15, 0.2) is 12.1 Å². The van der Waals surface area contributed by atoms with Crippen LogP contribution in [-0.2, 0) is 9.53 Å². The molecule has 0 radical (unpaired) electrons. The molecule has 1 atom stereocenters. The average Bonchev–Trinajstić information content (AvgIpc) is 2.39. The van der Waals surface area contributed by atoms with Crippen molar-refractivity contribution in [2.75, 3.05) is 6.54 Å². The molecule has 1 aromatic rings. The Morgan fingerprint density at radius 1 is 1.35 bits per heavy atom. The second-order valence-electron chi connectivity index (χ2n) is 5.87. The molecule has 8 heteroatoms. The number of alkyl carbamates (subject to hydrolysis) is 1. The lowest BCUT2D eigenvalue weighted by Crippen LogP contribution is -2.34.